The third kappa shape index (κ3) is 5.60. The molecule has 5 aliphatic rings. The highest BCUT2D eigenvalue weighted by atomic mass is 15.0. The number of aliphatic imine (C=N–C) groups is 3. The lowest BCUT2D eigenvalue weighted by atomic mass is 9.99. The SMILES string of the molecule is CN1C=CC(=C2C3=NC(=C(c4ccc[n+](C)c4)C4=NC(=C(c5cc[n+](C)cc5)C5=NC(=C(c6ccc[n+](C)c6)c6ccc2[nH]6)C=C5)C=C4)C=C3)C=C1. The molecule has 0 spiro atoms. The molecule has 0 saturated heterocycles. The van der Waals surface area contributed by atoms with E-state index < -0.39 is 0 Å². The Hall–Kier alpha value is -6.80. The monoisotopic (exact) mass is 677 g/mol. The van der Waals surface area contributed by atoms with Crippen LogP contribution in [0.1, 0.15) is 28.1 Å². The van der Waals surface area contributed by atoms with Crippen LogP contribution in [-0.4, -0.2) is 34.1 Å². The zero-order chi connectivity index (χ0) is 35.3. The molecule has 4 aromatic heterocycles. The molecular formula is C44H37N8+3. The van der Waals surface area contributed by atoms with Gasteiger partial charge in [0.2, 0.25) is 0 Å². The lowest BCUT2D eigenvalue weighted by Crippen LogP contribution is -2.27. The molecule has 0 unspecified atom stereocenters. The van der Waals surface area contributed by atoms with Gasteiger partial charge in [0.05, 0.1) is 39.8 Å². The molecule has 8 heteroatoms. The van der Waals surface area contributed by atoms with E-state index in [-0.39, 0.29) is 0 Å². The fraction of sp³-hybridized carbons (Fsp3) is 0.0909. The van der Waals surface area contributed by atoms with Crippen LogP contribution in [0.25, 0.3) is 22.3 Å². The summed E-state index contributed by atoms with van der Waals surface area (Å²) in [5.41, 5.74) is 15.3. The highest BCUT2D eigenvalue weighted by Crippen LogP contribution is 2.38. The number of rotatable bonds is 3. The molecule has 0 saturated carbocycles. The Morgan fingerprint density at radius 1 is 0.481 bits per heavy atom. The minimum absolute atomic E-state index is 0.850. The molecule has 0 aromatic carbocycles. The van der Waals surface area contributed by atoms with Crippen LogP contribution in [0, 0.1) is 0 Å². The first kappa shape index (κ1) is 31.2. The van der Waals surface area contributed by atoms with Crippen LogP contribution in [0.5, 0.6) is 0 Å². The minimum atomic E-state index is 0.850. The molecule has 5 aliphatic heterocycles. The predicted molar refractivity (Wildman–Crippen MR) is 206 cm³/mol. The van der Waals surface area contributed by atoms with Gasteiger partial charge in [0.15, 0.2) is 37.2 Å². The van der Waals surface area contributed by atoms with E-state index in [0.717, 1.165) is 90.2 Å². The highest BCUT2D eigenvalue weighted by molar-refractivity contribution is 6.37. The van der Waals surface area contributed by atoms with Crippen molar-refractivity contribution in [2.24, 2.45) is 36.1 Å². The first-order valence-corrected chi connectivity index (χ1v) is 17.3. The second-order valence-electron chi connectivity index (χ2n) is 13.5. The molecule has 8 nitrogen and oxygen atoms in total. The number of aromatic amines is 1. The highest BCUT2D eigenvalue weighted by Gasteiger charge is 2.28. The van der Waals surface area contributed by atoms with Gasteiger partial charge in [0, 0.05) is 83.0 Å². The summed E-state index contributed by atoms with van der Waals surface area (Å²) in [7, 11) is 8.15. The Morgan fingerprint density at radius 3 is 1.52 bits per heavy atom. The Bertz CT molecular complexity index is 2570. The van der Waals surface area contributed by atoms with Crippen molar-refractivity contribution in [1.29, 1.82) is 0 Å². The van der Waals surface area contributed by atoms with E-state index >= 15 is 0 Å². The maximum Gasteiger partial charge on any atom is 0.176 e. The standard InChI is InChI=1S/C44H37N8/c1-49-23-17-29(18-24-49)41-33-9-13-37(45-33)43(31-7-5-21-51(3)27-31)39-15-11-35(47-39)42(30-19-25-50(2)26-20-30)36-12-16-40(48-36)44(38-14-10-34(41)46-38)32-8-6-22-52(4)28-32/h5-28,45H,1-4H3/q+3. The van der Waals surface area contributed by atoms with Gasteiger partial charge >= 0.3 is 0 Å². The number of H-pyrrole nitrogens is 1. The topological polar surface area (TPSA) is 67.8 Å². The number of pyridine rings is 3. The Kier molecular flexibility index (Phi) is 7.51. The zero-order valence-corrected chi connectivity index (χ0v) is 29.5. The van der Waals surface area contributed by atoms with E-state index in [2.05, 4.69) is 148 Å². The van der Waals surface area contributed by atoms with Crippen molar-refractivity contribution in [3.05, 3.63) is 197 Å². The number of hydrogen-bond acceptors (Lipinski definition) is 4. The first-order valence-electron chi connectivity index (χ1n) is 17.3. The zero-order valence-electron chi connectivity index (χ0n) is 29.5. The lowest BCUT2D eigenvalue weighted by Gasteiger charge is -2.16. The molecule has 1 N–H and O–H groups in total. The summed E-state index contributed by atoms with van der Waals surface area (Å²) >= 11 is 0. The summed E-state index contributed by atoms with van der Waals surface area (Å²) in [6, 6.07) is 17.0. The number of allylic oxidation sites excluding steroid dienone is 12. The van der Waals surface area contributed by atoms with E-state index in [4.69, 9.17) is 15.0 Å². The van der Waals surface area contributed by atoms with Crippen LogP contribution in [0.15, 0.2) is 184 Å². The quantitative estimate of drug-likeness (QED) is 0.272. The van der Waals surface area contributed by atoms with Gasteiger partial charge in [-0.15, -0.1) is 0 Å². The van der Waals surface area contributed by atoms with Crippen molar-refractivity contribution < 1.29 is 13.7 Å². The van der Waals surface area contributed by atoms with Crippen LogP contribution in [0.4, 0.5) is 0 Å². The van der Waals surface area contributed by atoms with E-state index in [1.165, 1.54) is 0 Å². The van der Waals surface area contributed by atoms with Crippen molar-refractivity contribution in [2.45, 2.75) is 0 Å². The molecule has 250 valence electrons. The van der Waals surface area contributed by atoms with Crippen molar-refractivity contribution in [2.75, 3.05) is 7.05 Å². The van der Waals surface area contributed by atoms with E-state index in [1.54, 1.807) is 0 Å². The fourth-order valence-corrected chi connectivity index (χ4v) is 7.15. The average Bonchev–Trinajstić information content (AvgIpc) is 3.98. The molecule has 0 aliphatic carbocycles. The fourth-order valence-electron chi connectivity index (χ4n) is 7.15. The van der Waals surface area contributed by atoms with Gasteiger partial charge in [-0.1, -0.05) is 0 Å². The van der Waals surface area contributed by atoms with E-state index in [9.17, 15) is 0 Å². The Morgan fingerprint density at radius 2 is 0.962 bits per heavy atom. The summed E-state index contributed by atoms with van der Waals surface area (Å²) in [6.07, 6.45) is 33.6. The molecule has 0 atom stereocenters. The van der Waals surface area contributed by atoms with Gasteiger partial charge in [-0.25, -0.2) is 28.7 Å². The summed E-state index contributed by atoms with van der Waals surface area (Å²) in [5.74, 6) is 0. The van der Waals surface area contributed by atoms with Gasteiger partial charge < -0.3 is 9.88 Å². The van der Waals surface area contributed by atoms with Crippen LogP contribution >= 0.6 is 0 Å². The van der Waals surface area contributed by atoms with Gasteiger partial charge in [0.25, 0.3) is 0 Å². The Labute approximate surface area is 302 Å². The molecule has 0 fully saturated rings. The van der Waals surface area contributed by atoms with Gasteiger partial charge in [-0.2, -0.15) is 0 Å². The van der Waals surface area contributed by atoms with Crippen LogP contribution in [0.3, 0.4) is 0 Å². The summed E-state index contributed by atoms with van der Waals surface area (Å²) in [4.78, 5) is 22.0. The first-order chi connectivity index (χ1) is 25.4. The molecule has 9 heterocycles. The molecule has 52 heavy (non-hydrogen) atoms. The van der Waals surface area contributed by atoms with Gasteiger partial charge in [0.1, 0.15) is 21.1 Å². The minimum Gasteiger partial charge on any atom is -0.357 e. The van der Waals surface area contributed by atoms with Crippen molar-refractivity contribution >= 4 is 39.4 Å². The summed E-state index contributed by atoms with van der Waals surface area (Å²) in [6.45, 7) is 0. The maximum absolute atomic E-state index is 5.38. The molecule has 4 aromatic rings. The summed E-state index contributed by atoms with van der Waals surface area (Å²) in [5, 5.41) is 0. The molecule has 0 amide bonds. The van der Waals surface area contributed by atoms with E-state index in [0.29, 0.717) is 0 Å². The molecular weight excluding hydrogens is 641 g/mol. The van der Waals surface area contributed by atoms with Gasteiger partial charge in [-0.3, -0.25) is 0 Å². The number of aromatic nitrogens is 4. The number of nitrogens with one attached hydrogen (secondary N) is 1. The number of aryl methyl sites for hydroxylation is 3. The predicted octanol–water partition coefficient (Wildman–Crippen LogP) is 5.84. The number of fused-ring (bicyclic) bond motifs is 5. The molecule has 9 rings (SSSR count). The summed E-state index contributed by atoms with van der Waals surface area (Å²) < 4.78 is 6.18. The average molecular weight is 678 g/mol. The molecule has 8 bridgehead atoms. The van der Waals surface area contributed by atoms with Crippen LogP contribution in [-0.2, 0) is 21.1 Å². The number of nitrogens with zero attached hydrogens (tertiary/aromatic N) is 7. The Balaban J connectivity index is 1.37. The van der Waals surface area contributed by atoms with Crippen LogP contribution in [0.2, 0.25) is 0 Å². The third-order valence-corrected chi connectivity index (χ3v) is 9.67. The third-order valence-electron chi connectivity index (χ3n) is 9.67. The largest absolute Gasteiger partial charge is 0.357 e. The van der Waals surface area contributed by atoms with Gasteiger partial charge in [-0.05, 0) is 84.0 Å². The van der Waals surface area contributed by atoms with Crippen molar-refractivity contribution in [1.82, 2.24) is 9.88 Å². The lowest BCUT2D eigenvalue weighted by molar-refractivity contribution is -0.671. The normalized spacial score (nSPS) is 17.6. The second kappa shape index (κ2) is 12.5. The molecule has 0 radical (unpaired) electrons. The van der Waals surface area contributed by atoms with E-state index in [1.807, 2.05) is 50.1 Å². The maximum atomic E-state index is 5.38. The smallest absolute Gasteiger partial charge is 0.176 e. The number of hydrogen-bond donors (Lipinski definition) is 1. The van der Waals surface area contributed by atoms with Crippen molar-refractivity contribution in [3.8, 4) is 0 Å². The second-order valence-corrected chi connectivity index (χ2v) is 13.5. The van der Waals surface area contributed by atoms with Crippen molar-refractivity contribution in [3.63, 3.8) is 0 Å². The van der Waals surface area contributed by atoms with Crippen LogP contribution < -0.4 is 13.7 Å².